The normalized spacial score (nSPS) is 12.9. The van der Waals surface area contributed by atoms with Crippen LogP contribution in [0, 0.1) is 11.3 Å². The van der Waals surface area contributed by atoms with Gasteiger partial charge in [0, 0.05) is 33.2 Å². The molecule has 0 N–H and O–H groups in total. The molecule has 56 heavy (non-hydrogen) atoms. The molecule has 0 amide bonds. The average molecular weight is 714 g/mol. The number of benzene rings is 8. The summed E-state index contributed by atoms with van der Waals surface area (Å²) in [6.07, 6.45) is 0. The van der Waals surface area contributed by atoms with E-state index in [0.717, 1.165) is 72.6 Å². The van der Waals surface area contributed by atoms with Crippen LogP contribution in [0.3, 0.4) is 0 Å². The Kier molecular flexibility index (Phi) is 7.10. The molecule has 0 saturated carbocycles. The first kappa shape index (κ1) is 31.9. The van der Waals surface area contributed by atoms with Gasteiger partial charge in [0.1, 0.15) is 11.5 Å². The molecule has 2 heterocycles. The highest BCUT2D eigenvalue weighted by Gasteiger charge is 2.51. The summed E-state index contributed by atoms with van der Waals surface area (Å²) in [4.78, 5) is 10.3. The van der Waals surface area contributed by atoms with Crippen molar-refractivity contribution in [1.29, 1.82) is 5.26 Å². The molecule has 0 fully saturated rings. The summed E-state index contributed by atoms with van der Waals surface area (Å²) < 4.78 is 6.69. The first-order valence-electron chi connectivity index (χ1n) is 18.8. The summed E-state index contributed by atoms with van der Waals surface area (Å²) in [6.45, 7) is 0. The Morgan fingerprint density at radius 3 is 1.59 bits per heavy atom. The van der Waals surface area contributed by atoms with Crippen molar-refractivity contribution in [2.75, 3.05) is 0 Å². The predicted molar refractivity (Wildman–Crippen MR) is 223 cm³/mol. The Morgan fingerprint density at radius 1 is 0.411 bits per heavy atom. The van der Waals surface area contributed by atoms with Gasteiger partial charge < -0.3 is 4.74 Å². The monoisotopic (exact) mass is 713 g/mol. The molecule has 11 rings (SSSR count). The van der Waals surface area contributed by atoms with Gasteiger partial charge in [0.2, 0.25) is 0 Å². The second-order valence-corrected chi connectivity index (χ2v) is 14.4. The number of nitrogens with zero attached hydrogens (tertiary/aromatic N) is 3. The molecule has 1 aliphatic heterocycles. The second kappa shape index (κ2) is 12.5. The van der Waals surface area contributed by atoms with Crippen LogP contribution in [0.4, 0.5) is 0 Å². The fraction of sp³-hybridized carbons (Fsp3) is 0.0192. The maximum atomic E-state index is 9.96. The lowest BCUT2D eigenvalue weighted by Gasteiger charge is -2.39. The van der Waals surface area contributed by atoms with E-state index < -0.39 is 5.41 Å². The predicted octanol–water partition coefficient (Wildman–Crippen LogP) is 12.6. The van der Waals surface area contributed by atoms with Crippen LogP contribution in [0.2, 0.25) is 0 Å². The first-order chi connectivity index (χ1) is 27.7. The van der Waals surface area contributed by atoms with Gasteiger partial charge in [-0.1, -0.05) is 152 Å². The SMILES string of the molecule is N#Cc1ccc(-c2ccc3c(c2)C2(c4ccccc4Oc4ccccc42)c2cc(-c4cc(-c5ccccc5)nc(-c5ccccc5)n4)ccc2-3)c2ccccc12. The van der Waals surface area contributed by atoms with Crippen molar-refractivity contribution in [2.24, 2.45) is 0 Å². The van der Waals surface area contributed by atoms with Crippen LogP contribution < -0.4 is 4.74 Å². The number of hydrogen-bond acceptors (Lipinski definition) is 4. The van der Waals surface area contributed by atoms with Crippen molar-refractivity contribution >= 4 is 10.8 Å². The molecule has 0 radical (unpaired) electrons. The Morgan fingerprint density at radius 2 is 0.929 bits per heavy atom. The van der Waals surface area contributed by atoms with Gasteiger partial charge in [0.05, 0.1) is 28.4 Å². The minimum absolute atomic E-state index is 0.671. The Labute approximate surface area is 324 Å². The molecular formula is C52H31N3O. The van der Waals surface area contributed by atoms with E-state index in [2.05, 4.69) is 121 Å². The van der Waals surface area contributed by atoms with Crippen LogP contribution >= 0.6 is 0 Å². The highest BCUT2D eigenvalue weighted by atomic mass is 16.5. The summed E-state index contributed by atoms with van der Waals surface area (Å²) in [7, 11) is 0. The zero-order valence-corrected chi connectivity index (χ0v) is 30.1. The number of para-hydroxylation sites is 2. The number of fused-ring (bicyclic) bond motifs is 10. The van der Waals surface area contributed by atoms with Crippen molar-refractivity contribution in [1.82, 2.24) is 9.97 Å². The molecule has 8 aromatic carbocycles. The van der Waals surface area contributed by atoms with Gasteiger partial charge >= 0.3 is 0 Å². The van der Waals surface area contributed by atoms with E-state index in [-0.39, 0.29) is 0 Å². The third kappa shape index (κ3) is 4.71. The van der Waals surface area contributed by atoms with Gasteiger partial charge in [-0.2, -0.15) is 5.26 Å². The van der Waals surface area contributed by atoms with Crippen LogP contribution in [0.25, 0.3) is 66.9 Å². The van der Waals surface area contributed by atoms with E-state index in [1.807, 2.05) is 72.8 Å². The average Bonchev–Trinajstić information content (AvgIpc) is 3.55. The van der Waals surface area contributed by atoms with E-state index in [9.17, 15) is 5.26 Å². The second-order valence-electron chi connectivity index (χ2n) is 14.4. The molecule has 0 bridgehead atoms. The zero-order valence-electron chi connectivity index (χ0n) is 30.1. The van der Waals surface area contributed by atoms with Gasteiger partial charge in [-0.15, -0.1) is 0 Å². The minimum atomic E-state index is -0.692. The fourth-order valence-corrected chi connectivity index (χ4v) is 8.94. The highest BCUT2D eigenvalue weighted by Crippen LogP contribution is 2.63. The molecule has 4 heteroatoms. The lowest BCUT2D eigenvalue weighted by molar-refractivity contribution is 0.436. The van der Waals surface area contributed by atoms with Crippen molar-refractivity contribution < 1.29 is 4.74 Å². The van der Waals surface area contributed by atoms with Crippen LogP contribution in [0.5, 0.6) is 11.5 Å². The van der Waals surface area contributed by atoms with E-state index in [1.165, 1.54) is 22.3 Å². The smallest absolute Gasteiger partial charge is 0.160 e. The van der Waals surface area contributed by atoms with Crippen molar-refractivity contribution in [3.8, 4) is 73.7 Å². The third-order valence-electron chi connectivity index (χ3n) is 11.4. The summed E-state index contributed by atoms with van der Waals surface area (Å²) in [5.74, 6) is 2.36. The molecule has 2 aliphatic rings. The van der Waals surface area contributed by atoms with Crippen LogP contribution in [0.1, 0.15) is 27.8 Å². The minimum Gasteiger partial charge on any atom is -0.457 e. The quantitative estimate of drug-likeness (QED) is 0.182. The summed E-state index contributed by atoms with van der Waals surface area (Å²) in [6, 6.07) is 67.8. The lowest BCUT2D eigenvalue weighted by Crippen LogP contribution is -2.32. The van der Waals surface area contributed by atoms with Crippen LogP contribution in [0.15, 0.2) is 188 Å². The van der Waals surface area contributed by atoms with Crippen molar-refractivity contribution in [2.45, 2.75) is 5.41 Å². The Bertz CT molecular complexity index is 2970. The number of hydrogen-bond donors (Lipinski definition) is 0. The summed E-state index contributed by atoms with van der Waals surface area (Å²) in [5.41, 5.74) is 13.8. The van der Waals surface area contributed by atoms with Gasteiger partial charge in [-0.05, 0) is 75.2 Å². The Balaban J connectivity index is 1.19. The molecular weight excluding hydrogens is 683 g/mol. The lowest BCUT2D eigenvalue weighted by atomic mass is 9.65. The molecule has 1 aromatic heterocycles. The van der Waals surface area contributed by atoms with Crippen molar-refractivity contribution in [3.05, 3.63) is 216 Å². The number of rotatable bonds is 4. The number of nitriles is 1. The first-order valence-corrected chi connectivity index (χ1v) is 18.8. The molecule has 0 atom stereocenters. The van der Waals surface area contributed by atoms with Gasteiger partial charge in [-0.25, -0.2) is 9.97 Å². The maximum absolute atomic E-state index is 9.96. The van der Waals surface area contributed by atoms with Gasteiger partial charge in [-0.3, -0.25) is 0 Å². The molecule has 1 spiro atoms. The van der Waals surface area contributed by atoms with E-state index in [4.69, 9.17) is 14.7 Å². The van der Waals surface area contributed by atoms with E-state index in [0.29, 0.717) is 11.4 Å². The Hall–Kier alpha value is -7.61. The molecule has 1 aliphatic carbocycles. The topological polar surface area (TPSA) is 58.8 Å². The van der Waals surface area contributed by atoms with Crippen LogP contribution in [-0.2, 0) is 5.41 Å². The summed E-state index contributed by atoms with van der Waals surface area (Å²) >= 11 is 0. The molecule has 0 saturated heterocycles. The zero-order chi connectivity index (χ0) is 37.2. The van der Waals surface area contributed by atoms with E-state index in [1.54, 1.807) is 0 Å². The standard InChI is InChI=1S/C52H31N3O/c53-32-37-25-26-39(40-18-8-7-17-38(37)40)35-23-27-41-42-28-24-36(48-31-47(33-13-3-1-4-14-33)54-51(55-48)34-15-5-2-6-16-34)30-46(42)52(45(41)29-35)43-19-9-11-21-49(43)56-50-22-12-10-20-44(50)52/h1-31H. The molecule has 0 unspecified atom stereocenters. The number of ether oxygens (including phenoxy) is 1. The maximum Gasteiger partial charge on any atom is 0.160 e. The molecule has 9 aromatic rings. The molecule has 260 valence electrons. The summed E-state index contributed by atoms with van der Waals surface area (Å²) in [5, 5.41) is 12.0. The van der Waals surface area contributed by atoms with Gasteiger partial charge in [0.15, 0.2) is 5.82 Å². The van der Waals surface area contributed by atoms with Gasteiger partial charge in [0.25, 0.3) is 0 Å². The molecule has 4 nitrogen and oxygen atoms in total. The van der Waals surface area contributed by atoms with Crippen molar-refractivity contribution in [3.63, 3.8) is 0 Å². The van der Waals surface area contributed by atoms with Crippen LogP contribution in [-0.4, -0.2) is 9.97 Å². The fourth-order valence-electron chi connectivity index (χ4n) is 8.94. The van der Waals surface area contributed by atoms with E-state index >= 15 is 0 Å². The largest absolute Gasteiger partial charge is 0.457 e. The number of aromatic nitrogens is 2. The third-order valence-corrected chi connectivity index (χ3v) is 11.4. The highest BCUT2D eigenvalue weighted by molar-refractivity contribution is 6.01.